The summed E-state index contributed by atoms with van der Waals surface area (Å²) in [6, 6.07) is 12.5. The number of nitrogens with zero attached hydrogens (tertiary/aromatic N) is 3. The van der Waals surface area contributed by atoms with Gasteiger partial charge in [0.25, 0.3) is 0 Å². The van der Waals surface area contributed by atoms with Gasteiger partial charge in [-0.1, -0.05) is 30.3 Å². The maximum Gasteiger partial charge on any atom is 0.243 e. The predicted molar refractivity (Wildman–Crippen MR) is 123 cm³/mol. The van der Waals surface area contributed by atoms with Gasteiger partial charge in [-0.2, -0.15) is 4.31 Å². The van der Waals surface area contributed by atoms with E-state index >= 15 is 0 Å². The molecule has 11 heteroatoms. The van der Waals surface area contributed by atoms with Crippen molar-refractivity contribution >= 4 is 25.8 Å². The van der Waals surface area contributed by atoms with E-state index in [4.69, 9.17) is 5.73 Å². The van der Waals surface area contributed by atoms with Crippen LogP contribution in [0.2, 0.25) is 0 Å². The fraction of sp³-hybridized carbons (Fsp3) is 0.455. The number of hydrogen-bond donors (Lipinski definition) is 1. The molecular formula is C22H28N4O5S2. The largest absolute Gasteiger partial charge is 0.340 e. The minimum absolute atomic E-state index is 0.0496. The Morgan fingerprint density at radius 3 is 2.45 bits per heavy atom. The standard InChI is InChI=1S/C22H28N4O5S2/c23-14-20-13-21(6-7-24-20)33(30,31)26-15-18(17-4-2-1-3-5-17)12-19(16-26)22(27)25-8-10-32(28,29)11-9-25/h1-7,13,18-19H,8-12,14-16,23H2. The van der Waals surface area contributed by atoms with E-state index in [0.29, 0.717) is 12.1 Å². The van der Waals surface area contributed by atoms with Crippen molar-refractivity contribution in [1.29, 1.82) is 0 Å². The lowest BCUT2D eigenvalue weighted by Gasteiger charge is -2.39. The van der Waals surface area contributed by atoms with Gasteiger partial charge in [0.05, 0.1) is 28.0 Å². The van der Waals surface area contributed by atoms with Gasteiger partial charge >= 0.3 is 0 Å². The fourth-order valence-electron chi connectivity index (χ4n) is 4.47. The van der Waals surface area contributed by atoms with Gasteiger partial charge in [-0.25, -0.2) is 16.8 Å². The molecule has 2 aliphatic rings. The number of hydrogen-bond acceptors (Lipinski definition) is 7. The van der Waals surface area contributed by atoms with Gasteiger partial charge in [0.15, 0.2) is 9.84 Å². The summed E-state index contributed by atoms with van der Waals surface area (Å²) in [6.07, 6.45) is 1.92. The zero-order chi connectivity index (χ0) is 23.6. The first-order valence-electron chi connectivity index (χ1n) is 10.9. The second-order valence-corrected chi connectivity index (χ2v) is 12.8. The van der Waals surface area contributed by atoms with Gasteiger partial charge < -0.3 is 10.6 Å². The van der Waals surface area contributed by atoms with Crippen LogP contribution in [0.5, 0.6) is 0 Å². The van der Waals surface area contributed by atoms with Crippen LogP contribution >= 0.6 is 0 Å². The van der Waals surface area contributed by atoms with E-state index in [-0.39, 0.29) is 61.0 Å². The van der Waals surface area contributed by atoms with Crippen LogP contribution in [0.25, 0.3) is 0 Å². The van der Waals surface area contributed by atoms with Gasteiger partial charge in [-0.3, -0.25) is 9.78 Å². The van der Waals surface area contributed by atoms with Crippen molar-refractivity contribution in [2.24, 2.45) is 11.7 Å². The molecule has 2 aromatic rings. The van der Waals surface area contributed by atoms with E-state index in [2.05, 4.69) is 4.98 Å². The molecule has 1 amide bonds. The highest BCUT2D eigenvalue weighted by Gasteiger charge is 2.40. The number of pyridine rings is 1. The first-order chi connectivity index (χ1) is 15.7. The minimum atomic E-state index is -3.88. The van der Waals surface area contributed by atoms with Gasteiger partial charge in [0.1, 0.15) is 0 Å². The number of carbonyl (C=O) groups excluding carboxylic acids is 1. The lowest BCUT2D eigenvalue weighted by Crippen LogP contribution is -2.52. The molecule has 2 N–H and O–H groups in total. The highest BCUT2D eigenvalue weighted by atomic mass is 32.2. The molecule has 9 nitrogen and oxygen atoms in total. The van der Waals surface area contributed by atoms with Crippen molar-refractivity contribution in [2.45, 2.75) is 23.8 Å². The number of piperidine rings is 1. The minimum Gasteiger partial charge on any atom is -0.340 e. The number of sulfonamides is 1. The summed E-state index contributed by atoms with van der Waals surface area (Å²) in [5.41, 5.74) is 7.07. The summed E-state index contributed by atoms with van der Waals surface area (Å²) in [7, 11) is -7.01. The van der Waals surface area contributed by atoms with Crippen LogP contribution in [0.1, 0.15) is 23.6 Å². The Balaban J connectivity index is 1.63. The predicted octanol–water partition coefficient (Wildman–Crippen LogP) is 0.592. The number of benzene rings is 1. The molecule has 2 aliphatic heterocycles. The van der Waals surface area contributed by atoms with Gasteiger partial charge in [0, 0.05) is 38.9 Å². The van der Waals surface area contributed by atoms with E-state index in [1.165, 1.54) is 22.6 Å². The Bertz CT molecular complexity index is 1200. The highest BCUT2D eigenvalue weighted by molar-refractivity contribution is 7.91. The molecule has 0 saturated carbocycles. The lowest BCUT2D eigenvalue weighted by atomic mass is 9.85. The normalized spacial score (nSPS) is 23.8. The molecule has 4 rings (SSSR count). The van der Waals surface area contributed by atoms with Crippen LogP contribution in [-0.2, 0) is 31.2 Å². The molecule has 2 saturated heterocycles. The third-order valence-electron chi connectivity index (χ3n) is 6.33. The Kier molecular flexibility index (Phi) is 6.85. The van der Waals surface area contributed by atoms with Crippen molar-refractivity contribution in [2.75, 3.05) is 37.7 Å². The quantitative estimate of drug-likeness (QED) is 0.646. The highest BCUT2D eigenvalue weighted by Crippen LogP contribution is 2.34. The second-order valence-electron chi connectivity index (χ2n) is 8.53. The number of nitrogens with two attached hydrogens (primary N) is 1. The summed E-state index contributed by atoms with van der Waals surface area (Å²) in [6.45, 7) is 0.711. The number of carbonyl (C=O) groups is 1. The van der Waals surface area contributed by atoms with Crippen LogP contribution in [-0.4, -0.2) is 74.6 Å². The number of aromatic nitrogens is 1. The third-order valence-corrected chi connectivity index (χ3v) is 9.77. The Hall–Kier alpha value is -2.34. The second kappa shape index (κ2) is 9.49. The van der Waals surface area contributed by atoms with Crippen LogP contribution in [0.15, 0.2) is 53.6 Å². The first-order valence-corrected chi connectivity index (χ1v) is 14.1. The molecule has 2 fully saturated rings. The average molecular weight is 493 g/mol. The smallest absolute Gasteiger partial charge is 0.243 e. The molecule has 0 bridgehead atoms. The van der Waals surface area contributed by atoms with Gasteiger partial charge in [-0.05, 0) is 30.0 Å². The van der Waals surface area contributed by atoms with E-state index in [0.717, 1.165) is 5.56 Å². The first kappa shape index (κ1) is 23.8. The summed E-state index contributed by atoms with van der Waals surface area (Å²) < 4.78 is 52.0. The van der Waals surface area contributed by atoms with Crippen LogP contribution in [0.3, 0.4) is 0 Å². The van der Waals surface area contributed by atoms with E-state index in [9.17, 15) is 21.6 Å². The molecule has 1 aromatic heterocycles. The number of rotatable bonds is 5. The Morgan fingerprint density at radius 2 is 1.79 bits per heavy atom. The molecule has 0 aliphatic carbocycles. The van der Waals surface area contributed by atoms with Gasteiger partial charge in [-0.15, -0.1) is 0 Å². The van der Waals surface area contributed by atoms with Crippen molar-refractivity contribution in [1.82, 2.24) is 14.2 Å². The molecule has 0 spiro atoms. The van der Waals surface area contributed by atoms with Crippen molar-refractivity contribution in [3.05, 3.63) is 59.9 Å². The number of amides is 1. The zero-order valence-electron chi connectivity index (χ0n) is 18.2. The monoisotopic (exact) mass is 492 g/mol. The molecule has 178 valence electrons. The third kappa shape index (κ3) is 5.26. The maximum absolute atomic E-state index is 13.5. The van der Waals surface area contributed by atoms with Crippen molar-refractivity contribution in [3.8, 4) is 0 Å². The van der Waals surface area contributed by atoms with E-state index < -0.39 is 25.8 Å². The van der Waals surface area contributed by atoms with Crippen LogP contribution in [0.4, 0.5) is 0 Å². The number of sulfone groups is 1. The topological polar surface area (TPSA) is 131 Å². The molecular weight excluding hydrogens is 464 g/mol. The van der Waals surface area contributed by atoms with E-state index in [1.54, 1.807) is 4.90 Å². The molecule has 2 unspecified atom stereocenters. The summed E-state index contributed by atoms with van der Waals surface area (Å²) in [4.78, 5) is 19.1. The van der Waals surface area contributed by atoms with Crippen LogP contribution in [0, 0.1) is 5.92 Å². The van der Waals surface area contributed by atoms with E-state index in [1.807, 2.05) is 30.3 Å². The van der Waals surface area contributed by atoms with Crippen molar-refractivity contribution < 1.29 is 21.6 Å². The molecule has 3 heterocycles. The SMILES string of the molecule is NCc1cc(S(=O)(=O)N2CC(C(=O)N3CCS(=O)(=O)CC3)CC(c3ccccc3)C2)ccn1. The van der Waals surface area contributed by atoms with Gasteiger partial charge in [0.2, 0.25) is 15.9 Å². The summed E-state index contributed by atoms with van der Waals surface area (Å²) >= 11 is 0. The summed E-state index contributed by atoms with van der Waals surface area (Å²) in [5, 5.41) is 0. The molecule has 2 atom stereocenters. The zero-order valence-corrected chi connectivity index (χ0v) is 19.8. The molecule has 0 radical (unpaired) electrons. The maximum atomic E-state index is 13.5. The fourth-order valence-corrected chi connectivity index (χ4v) is 7.24. The average Bonchev–Trinajstić information content (AvgIpc) is 2.84. The Morgan fingerprint density at radius 1 is 1.09 bits per heavy atom. The Labute approximate surface area is 194 Å². The molecule has 1 aromatic carbocycles. The van der Waals surface area contributed by atoms with Crippen LogP contribution < -0.4 is 5.73 Å². The molecule has 33 heavy (non-hydrogen) atoms. The summed E-state index contributed by atoms with van der Waals surface area (Å²) in [5.74, 6) is -1.03. The lowest BCUT2D eigenvalue weighted by molar-refractivity contribution is -0.136. The van der Waals surface area contributed by atoms with Crippen molar-refractivity contribution in [3.63, 3.8) is 0 Å².